The SMILES string of the molecule is C[C@@H]1c2cccn2CCN1S(=O)(=O)c1ccccc1F. The molecule has 106 valence electrons. The minimum absolute atomic E-state index is 0.258. The summed E-state index contributed by atoms with van der Waals surface area (Å²) in [6, 6.07) is 8.99. The molecule has 0 fully saturated rings. The lowest BCUT2D eigenvalue weighted by molar-refractivity contribution is 0.281. The molecular weight excluding hydrogens is 279 g/mol. The highest BCUT2D eigenvalue weighted by atomic mass is 32.2. The van der Waals surface area contributed by atoms with Gasteiger partial charge in [0.1, 0.15) is 10.7 Å². The third-order valence-corrected chi connectivity index (χ3v) is 5.71. The van der Waals surface area contributed by atoms with Crippen molar-refractivity contribution < 1.29 is 12.8 Å². The molecule has 2 heterocycles. The van der Waals surface area contributed by atoms with Crippen molar-refractivity contribution in [3.63, 3.8) is 0 Å². The van der Waals surface area contributed by atoms with E-state index in [0.29, 0.717) is 13.1 Å². The van der Waals surface area contributed by atoms with Gasteiger partial charge in [-0.15, -0.1) is 0 Å². The first-order valence-corrected chi connectivity index (χ1v) is 7.87. The highest BCUT2D eigenvalue weighted by Crippen LogP contribution is 2.31. The van der Waals surface area contributed by atoms with Crippen LogP contribution < -0.4 is 0 Å². The zero-order chi connectivity index (χ0) is 14.3. The number of fused-ring (bicyclic) bond motifs is 1. The van der Waals surface area contributed by atoms with Crippen LogP contribution in [0, 0.1) is 5.82 Å². The van der Waals surface area contributed by atoms with E-state index in [9.17, 15) is 12.8 Å². The number of hydrogen-bond donors (Lipinski definition) is 0. The first-order valence-electron chi connectivity index (χ1n) is 6.43. The van der Waals surface area contributed by atoms with Crippen LogP contribution in [0.3, 0.4) is 0 Å². The van der Waals surface area contributed by atoms with Gasteiger partial charge >= 0.3 is 0 Å². The Morgan fingerprint density at radius 3 is 2.65 bits per heavy atom. The summed E-state index contributed by atoms with van der Waals surface area (Å²) in [6.45, 7) is 2.75. The zero-order valence-corrected chi connectivity index (χ0v) is 11.8. The monoisotopic (exact) mass is 294 g/mol. The summed E-state index contributed by atoms with van der Waals surface area (Å²) in [5.74, 6) is -0.708. The molecule has 1 aliphatic heterocycles. The molecule has 6 heteroatoms. The predicted molar refractivity (Wildman–Crippen MR) is 73.1 cm³/mol. The number of rotatable bonds is 2. The van der Waals surface area contributed by atoms with Crippen LogP contribution in [-0.4, -0.2) is 23.8 Å². The van der Waals surface area contributed by atoms with Gasteiger partial charge < -0.3 is 4.57 Å². The lowest BCUT2D eigenvalue weighted by atomic mass is 10.2. The van der Waals surface area contributed by atoms with Crippen molar-refractivity contribution in [1.82, 2.24) is 8.87 Å². The quantitative estimate of drug-likeness (QED) is 0.853. The van der Waals surface area contributed by atoms with E-state index in [4.69, 9.17) is 0 Å². The molecule has 0 amide bonds. The topological polar surface area (TPSA) is 42.3 Å². The minimum Gasteiger partial charge on any atom is -0.349 e. The molecule has 0 bridgehead atoms. The average molecular weight is 294 g/mol. The fourth-order valence-electron chi connectivity index (χ4n) is 2.67. The lowest BCUT2D eigenvalue weighted by Crippen LogP contribution is -2.40. The van der Waals surface area contributed by atoms with E-state index in [1.54, 1.807) is 0 Å². The van der Waals surface area contributed by atoms with E-state index in [1.807, 2.05) is 29.8 Å². The lowest BCUT2D eigenvalue weighted by Gasteiger charge is -2.33. The maximum absolute atomic E-state index is 13.8. The van der Waals surface area contributed by atoms with Gasteiger partial charge in [-0.1, -0.05) is 12.1 Å². The second kappa shape index (κ2) is 4.71. The van der Waals surface area contributed by atoms with E-state index in [-0.39, 0.29) is 10.9 Å². The molecule has 4 nitrogen and oxygen atoms in total. The molecule has 1 atom stereocenters. The molecule has 3 rings (SSSR count). The minimum atomic E-state index is -3.82. The molecule has 1 aromatic carbocycles. The molecule has 0 N–H and O–H groups in total. The van der Waals surface area contributed by atoms with E-state index in [2.05, 4.69) is 0 Å². The second-order valence-corrected chi connectivity index (χ2v) is 6.71. The molecule has 0 spiro atoms. The molecule has 0 saturated heterocycles. The number of sulfonamides is 1. The first kappa shape index (κ1) is 13.3. The summed E-state index contributed by atoms with van der Waals surface area (Å²) in [5, 5.41) is 0. The number of benzene rings is 1. The van der Waals surface area contributed by atoms with Crippen LogP contribution in [0.5, 0.6) is 0 Å². The van der Waals surface area contributed by atoms with Gasteiger partial charge in [0.05, 0.1) is 6.04 Å². The molecule has 1 aromatic heterocycles. The van der Waals surface area contributed by atoms with E-state index >= 15 is 0 Å². The van der Waals surface area contributed by atoms with E-state index < -0.39 is 15.8 Å². The number of nitrogens with zero attached hydrogens (tertiary/aromatic N) is 2. The van der Waals surface area contributed by atoms with Crippen LogP contribution in [0.2, 0.25) is 0 Å². The third-order valence-electron chi connectivity index (χ3n) is 3.71. The molecule has 0 aliphatic carbocycles. The van der Waals surface area contributed by atoms with Crippen molar-refractivity contribution in [3.8, 4) is 0 Å². The van der Waals surface area contributed by atoms with Gasteiger partial charge in [0.15, 0.2) is 0 Å². The maximum Gasteiger partial charge on any atom is 0.246 e. The van der Waals surface area contributed by atoms with Crippen LogP contribution in [0.4, 0.5) is 4.39 Å². The third kappa shape index (κ3) is 1.96. The van der Waals surface area contributed by atoms with Crippen molar-refractivity contribution in [2.45, 2.75) is 24.4 Å². The molecular formula is C14H15FN2O2S. The fourth-order valence-corrected chi connectivity index (χ4v) is 4.33. The fraction of sp³-hybridized carbons (Fsp3) is 0.286. The Hall–Kier alpha value is -1.66. The van der Waals surface area contributed by atoms with Crippen molar-refractivity contribution in [2.24, 2.45) is 0 Å². The molecule has 20 heavy (non-hydrogen) atoms. The van der Waals surface area contributed by atoms with Gasteiger partial charge in [0.25, 0.3) is 0 Å². The van der Waals surface area contributed by atoms with Gasteiger partial charge in [-0.2, -0.15) is 4.31 Å². The summed E-state index contributed by atoms with van der Waals surface area (Å²) in [6.07, 6.45) is 1.93. The van der Waals surface area contributed by atoms with Crippen LogP contribution in [0.1, 0.15) is 18.7 Å². The Bertz CT molecular complexity index is 739. The summed E-state index contributed by atoms with van der Waals surface area (Å²) >= 11 is 0. The van der Waals surface area contributed by atoms with Crippen molar-refractivity contribution in [1.29, 1.82) is 0 Å². The summed E-state index contributed by atoms with van der Waals surface area (Å²) in [5.41, 5.74) is 0.927. The van der Waals surface area contributed by atoms with Crippen molar-refractivity contribution >= 4 is 10.0 Å². The summed E-state index contributed by atoms with van der Waals surface area (Å²) in [4.78, 5) is -0.258. The Labute approximate surface area is 117 Å². The highest BCUT2D eigenvalue weighted by Gasteiger charge is 2.35. The largest absolute Gasteiger partial charge is 0.349 e. The van der Waals surface area contributed by atoms with Crippen molar-refractivity contribution in [2.75, 3.05) is 6.54 Å². The van der Waals surface area contributed by atoms with E-state index in [0.717, 1.165) is 5.69 Å². The predicted octanol–water partition coefficient (Wildman–Crippen LogP) is 2.39. The summed E-state index contributed by atoms with van der Waals surface area (Å²) in [7, 11) is -3.82. The standard InChI is InChI=1S/C14H15FN2O2S/c1-11-13-6-4-8-16(13)9-10-17(11)20(18,19)14-7-3-2-5-12(14)15/h2-8,11H,9-10H2,1H3/t11-/m1/s1. The Morgan fingerprint density at radius 1 is 1.15 bits per heavy atom. The highest BCUT2D eigenvalue weighted by molar-refractivity contribution is 7.89. The van der Waals surface area contributed by atoms with E-state index in [1.165, 1.54) is 28.6 Å². The van der Waals surface area contributed by atoms with Crippen LogP contribution in [-0.2, 0) is 16.6 Å². The Balaban J connectivity index is 2.04. The number of aromatic nitrogens is 1. The first-order chi connectivity index (χ1) is 9.51. The maximum atomic E-state index is 13.8. The molecule has 1 aliphatic rings. The van der Waals surface area contributed by atoms with Crippen LogP contribution in [0.25, 0.3) is 0 Å². The molecule has 0 unspecified atom stereocenters. The normalized spacial score (nSPS) is 19.8. The van der Waals surface area contributed by atoms with Gasteiger partial charge in [-0.05, 0) is 31.2 Å². The van der Waals surface area contributed by atoms with Crippen molar-refractivity contribution in [3.05, 3.63) is 54.1 Å². The zero-order valence-electron chi connectivity index (χ0n) is 11.0. The summed E-state index contributed by atoms with van der Waals surface area (Å²) < 4.78 is 42.4. The second-order valence-electron chi connectivity index (χ2n) is 4.85. The number of hydrogen-bond acceptors (Lipinski definition) is 2. The molecule has 2 aromatic rings. The van der Waals surface area contributed by atoms with Crippen LogP contribution in [0.15, 0.2) is 47.5 Å². The van der Waals surface area contributed by atoms with Crippen LogP contribution >= 0.6 is 0 Å². The van der Waals surface area contributed by atoms with Gasteiger partial charge in [-0.3, -0.25) is 0 Å². The van der Waals surface area contributed by atoms with Gasteiger partial charge in [0, 0.05) is 25.0 Å². The van der Waals surface area contributed by atoms with Gasteiger partial charge in [0.2, 0.25) is 10.0 Å². The smallest absolute Gasteiger partial charge is 0.246 e. The Morgan fingerprint density at radius 2 is 1.90 bits per heavy atom. The number of halogens is 1. The Kier molecular flexibility index (Phi) is 3.14. The van der Waals surface area contributed by atoms with Gasteiger partial charge in [-0.25, -0.2) is 12.8 Å². The molecule has 0 radical (unpaired) electrons. The average Bonchev–Trinajstić information content (AvgIpc) is 2.88. The molecule has 0 saturated carbocycles.